The molecule has 0 bridgehead atoms. The molecule has 0 aliphatic carbocycles. The van der Waals surface area contributed by atoms with E-state index in [4.69, 9.17) is 0 Å². The number of carbonyl (C=O) groups is 1. The molecule has 1 aliphatic rings. The molecule has 128 valence electrons. The second-order valence-electron chi connectivity index (χ2n) is 6.53. The first-order valence-electron chi connectivity index (χ1n) is 7.76. The molecule has 0 N–H and O–H groups in total. The lowest BCUT2D eigenvalue weighted by Crippen LogP contribution is -2.38. The van der Waals surface area contributed by atoms with Crippen molar-refractivity contribution >= 4 is 11.8 Å². The number of benzene rings is 1. The zero-order valence-electron chi connectivity index (χ0n) is 14.2. The van der Waals surface area contributed by atoms with E-state index >= 15 is 0 Å². The van der Waals surface area contributed by atoms with Crippen molar-refractivity contribution in [2.24, 2.45) is 0 Å². The van der Waals surface area contributed by atoms with Crippen LogP contribution in [0.15, 0.2) is 36.5 Å². The van der Waals surface area contributed by atoms with Gasteiger partial charge in [0.25, 0.3) is 0 Å². The van der Waals surface area contributed by atoms with E-state index in [1.165, 1.54) is 29.3 Å². The van der Waals surface area contributed by atoms with Crippen molar-refractivity contribution in [2.45, 2.75) is 19.4 Å². The van der Waals surface area contributed by atoms with Gasteiger partial charge in [-0.3, -0.25) is 4.90 Å². The molecule has 1 aromatic heterocycles. The van der Waals surface area contributed by atoms with Crippen LogP contribution in [0.4, 0.5) is 19.4 Å². The molecular formula is C19H17F2N3O. The lowest BCUT2D eigenvalue weighted by Gasteiger charge is -2.24. The molecule has 0 unspecified atom stereocenters. The quantitative estimate of drug-likeness (QED) is 0.746. The smallest absolute Gasteiger partial charge is 0.320 e. The summed E-state index contributed by atoms with van der Waals surface area (Å²) < 4.78 is 27.6. The van der Waals surface area contributed by atoms with Gasteiger partial charge < -0.3 is 4.90 Å². The molecule has 0 spiro atoms. The summed E-state index contributed by atoms with van der Waals surface area (Å²) in [6.45, 7) is 4.16. The molecule has 2 aromatic rings. The van der Waals surface area contributed by atoms with Crippen molar-refractivity contribution in [3.8, 4) is 11.8 Å². The van der Waals surface area contributed by atoms with Gasteiger partial charge in [-0.2, -0.15) is 0 Å². The average molecular weight is 341 g/mol. The molecule has 2 amide bonds. The lowest BCUT2D eigenvalue weighted by molar-refractivity contribution is 0.198. The van der Waals surface area contributed by atoms with Crippen LogP contribution in [-0.2, 0) is 0 Å². The minimum Gasteiger partial charge on any atom is -0.320 e. The monoisotopic (exact) mass is 341 g/mol. The van der Waals surface area contributed by atoms with E-state index in [1.54, 1.807) is 24.1 Å². The third-order valence-electron chi connectivity index (χ3n) is 4.22. The fraction of sp³-hybridized carbons (Fsp3) is 0.263. The van der Waals surface area contributed by atoms with Crippen molar-refractivity contribution in [3.05, 3.63) is 59.3 Å². The Balaban J connectivity index is 1.87. The van der Waals surface area contributed by atoms with Gasteiger partial charge in [0.05, 0.1) is 12.1 Å². The normalized spacial score (nSPS) is 16.0. The number of anilines is 1. The number of likely N-dealkylation sites (N-methyl/N-ethyl adjacent to an activating group) is 1. The van der Waals surface area contributed by atoms with Gasteiger partial charge in [0, 0.05) is 24.4 Å². The standard InChI is InChI=1S/C19H17F2N3O/c1-19(2)12-24(18(25)23(19)3)17-16(21)10-14(11-22-17)8-7-13-5-4-6-15(20)9-13/h4-6,9-11H,12H2,1-3H3. The van der Waals surface area contributed by atoms with E-state index in [0.717, 1.165) is 0 Å². The first kappa shape index (κ1) is 16.9. The maximum atomic E-state index is 14.4. The van der Waals surface area contributed by atoms with Gasteiger partial charge in [-0.25, -0.2) is 18.6 Å². The summed E-state index contributed by atoms with van der Waals surface area (Å²) in [5.41, 5.74) is 0.438. The van der Waals surface area contributed by atoms with Crippen LogP contribution in [-0.4, -0.2) is 35.0 Å². The van der Waals surface area contributed by atoms with E-state index < -0.39 is 11.4 Å². The number of carbonyl (C=O) groups excluding carboxylic acids is 1. The maximum Gasteiger partial charge on any atom is 0.326 e. The molecule has 4 nitrogen and oxygen atoms in total. The molecule has 1 aliphatic heterocycles. The van der Waals surface area contributed by atoms with Crippen molar-refractivity contribution in [1.82, 2.24) is 9.88 Å². The Bertz CT molecular complexity index is 899. The molecule has 0 radical (unpaired) electrons. The SMILES string of the molecule is CN1C(=O)N(c2ncc(C#Cc3cccc(F)c3)cc2F)CC1(C)C. The fourth-order valence-electron chi connectivity index (χ4n) is 2.57. The highest BCUT2D eigenvalue weighted by atomic mass is 19.1. The lowest BCUT2D eigenvalue weighted by atomic mass is 10.1. The van der Waals surface area contributed by atoms with E-state index in [1.807, 2.05) is 13.8 Å². The zero-order valence-corrected chi connectivity index (χ0v) is 14.2. The van der Waals surface area contributed by atoms with Crippen LogP contribution in [0.2, 0.25) is 0 Å². The Morgan fingerprint density at radius 3 is 2.48 bits per heavy atom. The molecule has 2 heterocycles. The van der Waals surface area contributed by atoms with Crippen LogP contribution in [0.25, 0.3) is 0 Å². The van der Waals surface area contributed by atoms with Crippen molar-refractivity contribution in [2.75, 3.05) is 18.5 Å². The second kappa shape index (κ2) is 6.17. The third kappa shape index (κ3) is 3.31. The highest BCUT2D eigenvalue weighted by Crippen LogP contribution is 2.29. The van der Waals surface area contributed by atoms with Crippen LogP contribution in [0.1, 0.15) is 25.0 Å². The van der Waals surface area contributed by atoms with E-state index in [9.17, 15) is 13.6 Å². The largest absolute Gasteiger partial charge is 0.326 e. The Morgan fingerprint density at radius 1 is 1.16 bits per heavy atom. The summed E-state index contributed by atoms with van der Waals surface area (Å²) in [4.78, 5) is 19.2. The number of rotatable bonds is 1. The van der Waals surface area contributed by atoms with Gasteiger partial charge in [0.1, 0.15) is 5.82 Å². The molecule has 0 saturated carbocycles. The number of halogens is 2. The summed E-state index contributed by atoms with van der Waals surface area (Å²) in [7, 11) is 1.68. The number of pyridine rings is 1. The molecule has 3 rings (SSSR count). The molecule has 1 saturated heterocycles. The Labute approximate surface area is 145 Å². The molecule has 1 aromatic carbocycles. The van der Waals surface area contributed by atoms with Crippen LogP contribution >= 0.6 is 0 Å². The van der Waals surface area contributed by atoms with E-state index in [2.05, 4.69) is 16.8 Å². The summed E-state index contributed by atoms with van der Waals surface area (Å²) in [6.07, 6.45) is 1.41. The summed E-state index contributed by atoms with van der Waals surface area (Å²) in [6, 6.07) is 6.77. The predicted octanol–water partition coefficient (Wildman–Crippen LogP) is 3.41. The van der Waals surface area contributed by atoms with Gasteiger partial charge in [-0.15, -0.1) is 0 Å². The number of hydrogen-bond acceptors (Lipinski definition) is 2. The van der Waals surface area contributed by atoms with Gasteiger partial charge in [-0.1, -0.05) is 17.9 Å². The van der Waals surface area contributed by atoms with Crippen LogP contribution in [0.3, 0.4) is 0 Å². The van der Waals surface area contributed by atoms with Crippen LogP contribution < -0.4 is 4.90 Å². The number of urea groups is 1. The Hall–Kier alpha value is -2.94. The first-order valence-corrected chi connectivity index (χ1v) is 7.76. The Kier molecular flexibility index (Phi) is 4.17. The van der Waals surface area contributed by atoms with Crippen molar-refractivity contribution < 1.29 is 13.6 Å². The average Bonchev–Trinajstić information content (AvgIpc) is 2.76. The minimum atomic E-state index is -0.620. The molecule has 25 heavy (non-hydrogen) atoms. The summed E-state index contributed by atoms with van der Waals surface area (Å²) >= 11 is 0. The number of nitrogens with zero attached hydrogens (tertiary/aromatic N) is 3. The van der Waals surface area contributed by atoms with Gasteiger partial charge in [-0.05, 0) is 38.1 Å². The highest BCUT2D eigenvalue weighted by molar-refractivity contribution is 5.94. The number of hydrogen-bond donors (Lipinski definition) is 0. The fourth-order valence-corrected chi connectivity index (χ4v) is 2.57. The number of amides is 2. The molecule has 0 atom stereocenters. The predicted molar refractivity (Wildman–Crippen MR) is 91.2 cm³/mol. The van der Waals surface area contributed by atoms with Crippen molar-refractivity contribution in [3.63, 3.8) is 0 Å². The topological polar surface area (TPSA) is 36.4 Å². The Morgan fingerprint density at radius 2 is 1.88 bits per heavy atom. The molecule has 1 fully saturated rings. The third-order valence-corrected chi connectivity index (χ3v) is 4.22. The van der Waals surface area contributed by atoms with Crippen LogP contribution in [0, 0.1) is 23.5 Å². The van der Waals surface area contributed by atoms with Crippen LogP contribution in [0.5, 0.6) is 0 Å². The minimum absolute atomic E-state index is 0.0151. The molecule has 6 heteroatoms. The second-order valence-corrected chi connectivity index (χ2v) is 6.53. The molecular weight excluding hydrogens is 324 g/mol. The summed E-state index contributed by atoms with van der Waals surface area (Å²) in [5.74, 6) is 4.49. The van der Waals surface area contributed by atoms with E-state index in [-0.39, 0.29) is 17.7 Å². The van der Waals surface area contributed by atoms with Gasteiger partial charge in [0.2, 0.25) is 0 Å². The summed E-state index contributed by atoms with van der Waals surface area (Å²) in [5, 5.41) is 0. The first-order chi connectivity index (χ1) is 11.8. The maximum absolute atomic E-state index is 14.4. The van der Waals surface area contributed by atoms with Gasteiger partial charge >= 0.3 is 6.03 Å². The number of aromatic nitrogens is 1. The zero-order chi connectivity index (χ0) is 18.2. The van der Waals surface area contributed by atoms with E-state index in [0.29, 0.717) is 17.7 Å². The van der Waals surface area contributed by atoms with Gasteiger partial charge in [0.15, 0.2) is 11.6 Å². The highest BCUT2D eigenvalue weighted by Gasteiger charge is 2.42. The van der Waals surface area contributed by atoms with Crippen molar-refractivity contribution in [1.29, 1.82) is 0 Å².